The molecule has 2 aromatic rings. The highest BCUT2D eigenvalue weighted by Crippen LogP contribution is 2.30. The first kappa shape index (κ1) is 17.1. The van der Waals surface area contributed by atoms with Gasteiger partial charge in [-0.25, -0.2) is 4.98 Å². The third kappa shape index (κ3) is 4.38. The highest BCUT2D eigenvalue weighted by Gasteiger charge is 2.19. The van der Waals surface area contributed by atoms with E-state index in [4.69, 9.17) is 9.47 Å². The number of nitrogens with zero attached hydrogens (tertiary/aromatic N) is 2. The number of hydrogen-bond acceptors (Lipinski definition) is 6. The Hall–Kier alpha value is -2.22. The van der Waals surface area contributed by atoms with Gasteiger partial charge >= 0.3 is 0 Å². The highest BCUT2D eigenvalue weighted by atomic mass is 32.2. The molecule has 1 aromatic heterocycles. The molecule has 1 amide bonds. The average molecular weight is 336 g/mol. The van der Waals surface area contributed by atoms with Crippen molar-refractivity contribution in [3.63, 3.8) is 0 Å². The Morgan fingerprint density at radius 1 is 1.39 bits per heavy atom. The molecule has 23 heavy (non-hydrogen) atoms. The summed E-state index contributed by atoms with van der Waals surface area (Å²) in [6, 6.07) is 5.23. The van der Waals surface area contributed by atoms with Crippen molar-refractivity contribution in [2.45, 2.75) is 30.7 Å². The van der Waals surface area contributed by atoms with E-state index in [0.29, 0.717) is 22.3 Å². The molecule has 0 saturated heterocycles. The van der Waals surface area contributed by atoms with Crippen molar-refractivity contribution in [3.8, 4) is 11.5 Å². The zero-order valence-electron chi connectivity index (χ0n) is 13.5. The first-order valence-electron chi connectivity index (χ1n) is 7.18. The van der Waals surface area contributed by atoms with Crippen molar-refractivity contribution < 1.29 is 14.3 Å². The lowest BCUT2D eigenvalue weighted by Crippen LogP contribution is -2.22. The molecule has 1 heterocycles. The highest BCUT2D eigenvalue weighted by molar-refractivity contribution is 8.00. The van der Waals surface area contributed by atoms with Crippen LogP contribution in [0.2, 0.25) is 0 Å². The Labute approximate surface area is 139 Å². The summed E-state index contributed by atoms with van der Waals surface area (Å²) >= 11 is 1.29. The molecule has 1 aromatic carbocycles. The van der Waals surface area contributed by atoms with Gasteiger partial charge in [-0.05, 0) is 19.1 Å². The smallest absolute Gasteiger partial charge is 0.237 e. The molecule has 8 heteroatoms. The fraction of sp³-hybridized carbons (Fsp3) is 0.400. The molecule has 7 nitrogen and oxygen atoms in total. The first-order valence-corrected chi connectivity index (χ1v) is 8.06. The molecule has 0 aliphatic carbocycles. The lowest BCUT2D eigenvalue weighted by atomic mass is 10.2. The van der Waals surface area contributed by atoms with Crippen molar-refractivity contribution in [1.82, 2.24) is 15.2 Å². The second kappa shape index (κ2) is 7.87. The number of rotatable bonds is 7. The number of amides is 1. The van der Waals surface area contributed by atoms with Crippen molar-refractivity contribution in [3.05, 3.63) is 24.0 Å². The van der Waals surface area contributed by atoms with Crippen LogP contribution in [0, 0.1) is 0 Å². The van der Waals surface area contributed by atoms with Crippen LogP contribution in [0.1, 0.15) is 19.7 Å². The van der Waals surface area contributed by atoms with Gasteiger partial charge in [0.2, 0.25) is 11.1 Å². The summed E-state index contributed by atoms with van der Waals surface area (Å²) in [7, 11) is 3.12. The Balaban J connectivity index is 2.05. The second-order valence-electron chi connectivity index (χ2n) is 4.73. The van der Waals surface area contributed by atoms with Crippen LogP contribution in [0.15, 0.2) is 23.4 Å². The number of thioether (sulfide) groups is 1. The number of aromatic nitrogens is 3. The summed E-state index contributed by atoms with van der Waals surface area (Å²) in [5, 5.41) is 9.96. The molecule has 1 unspecified atom stereocenters. The molecule has 2 rings (SSSR count). The van der Waals surface area contributed by atoms with E-state index >= 15 is 0 Å². The average Bonchev–Trinajstić information content (AvgIpc) is 3.02. The SMILES string of the molecule is CCc1nc(SC(C)C(=O)Nc2cc(OC)ccc2OC)n[nH]1. The summed E-state index contributed by atoms with van der Waals surface area (Å²) in [6.45, 7) is 3.79. The minimum Gasteiger partial charge on any atom is -0.497 e. The van der Waals surface area contributed by atoms with Crippen molar-refractivity contribution in [2.24, 2.45) is 0 Å². The molecular weight excluding hydrogens is 316 g/mol. The normalized spacial score (nSPS) is 11.8. The number of aryl methyl sites for hydroxylation is 1. The number of carbonyl (C=O) groups is 1. The van der Waals surface area contributed by atoms with Crippen LogP contribution in [0.25, 0.3) is 0 Å². The lowest BCUT2D eigenvalue weighted by molar-refractivity contribution is -0.115. The Kier molecular flexibility index (Phi) is 5.86. The van der Waals surface area contributed by atoms with E-state index in [1.807, 2.05) is 6.92 Å². The Bertz CT molecular complexity index is 674. The van der Waals surface area contributed by atoms with E-state index in [1.54, 1.807) is 39.3 Å². The topological polar surface area (TPSA) is 89.1 Å². The molecule has 2 N–H and O–H groups in total. The maximum atomic E-state index is 12.4. The summed E-state index contributed by atoms with van der Waals surface area (Å²) in [6.07, 6.45) is 0.773. The number of nitrogens with one attached hydrogen (secondary N) is 2. The largest absolute Gasteiger partial charge is 0.497 e. The minimum atomic E-state index is -0.355. The predicted molar refractivity (Wildman–Crippen MR) is 89.3 cm³/mol. The third-order valence-corrected chi connectivity index (χ3v) is 4.12. The van der Waals surface area contributed by atoms with E-state index in [0.717, 1.165) is 12.2 Å². The molecule has 0 aliphatic rings. The van der Waals surface area contributed by atoms with Crippen LogP contribution >= 0.6 is 11.8 Å². The van der Waals surface area contributed by atoms with Crippen LogP contribution < -0.4 is 14.8 Å². The summed E-state index contributed by atoms with van der Waals surface area (Å²) in [5.74, 6) is 1.85. The van der Waals surface area contributed by atoms with Gasteiger partial charge in [-0.1, -0.05) is 18.7 Å². The van der Waals surface area contributed by atoms with Crippen molar-refractivity contribution in [2.75, 3.05) is 19.5 Å². The monoisotopic (exact) mass is 336 g/mol. The summed E-state index contributed by atoms with van der Waals surface area (Å²) in [5.41, 5.74) is 0.563. The Morgan fingerprint density at radius 2 is 2.17 bits per heavy atom. The van der Waals surface area contributed by atoms with Gasteiger partial charge in [0.1, 0.15) is 17.3 Å². The van der Waals surface area contributed by atoms with Crippen molar-refractivity contribution in [1.29, 1.82) is 0 Å². The fourth-order valence-electron chi connectivity index (χ4n) is 1.85. The first-order chi connectivity index (χ1) is 11.1. The maximum absolute atomic E-state index is 12.4. The van der Waals surface area contributed by atoms with Crippen LogP contribution in [-0.2, 0) is 11.2 Å². The van der Waals surface area contributed by atoms with Gasteiger partial charge in [-0.3, -0.25) is 9.89 Å². The zero-order valence-corrected chi connectivity index (χ0v) is 14.4. The molecule has 0 aliphatic heterocycles. The number of methoxy groups -OCH3 is 2. The van der Waals surface area contributed by atoms with E-state index in [2.05, 4.69) is 20.5 Å². The summed E-state index contributed by atoms with van der Waals surface area (Å²) < 4.78 is 10.4. The zero-order chi connectivity index (χ0) is 16.8. The molecule has 0 spiro atoms. The fourth-order valence-corrected chi connectivity index (χ4v) is 2.59. The van der Waals surface area contributed by atoms with Gasteiger partial charge < -0.3 is 14.8 Å². The van der Waals surface area contributed by atoms with Gasteiger partial charge in [0.25, 0.3) is 0 Å². The van der Waals surface area contributed by atoms with E-state index < -0.39 is 0 Å². The number of ether oxygens (including phenoxy) is 2. The quantitative estimate of drug-likeness (QED) is 0.755. The number of benzene rings is 1. The van der Waals surface area contributed by atoms with Gasteiger partial charge in [0.05, 0.1) is 25.2 Å². The van der Waals surface area contributed by atoms with Crippen LogP contribution in [0.4, 0.5) is 5.69 Å². The van der Waals surface area contributed by atoms with E-state index in [9.17, 15) is 4.79 Å². The van der Waals surface area contributed by atoms with Gasteiger partial charge in [0, 0.05) is 12.5 Å². The predicted octanol–water partition coefficient (Wildman–Crippen LogP) is 2.50. The van der Waals surface area contributed by atoms with E-state index in [1.165, 1.54) is 11.8 Å². The molecule has 0 bridgehead atoms. The standard InChI is InChI=1S/C15H20N4O3S/c1-5-13-17-15(19-18-13)23-9(2)14(20)16-11-8-10(21-3)6-7-12(11)22-4/h6-9H,5H2,1-4H3,(H,16,20)(H,17,18,19). The number of carbonyl (C=O) groups excluding carboxylic acids is 1. The third-order valence-electron chi connectivity index (χ3n) is 3.16. The minimum absolute atomic E-state index is 0.163. The molecule has 0 saturated carbocycles. The number of anilines is 1. The number of aromatic amines is 1. The second-order valence-corrected chi connectivity index (χ2v) is 6.04. The summed E-state index contributed by atoms with van der Waals surface area (Å²) in [4.78, 5) is 16.7. The molecule has 124 valence electrons. The molecule has 0 radical (unpaired) electrons. The van der Waals surface area contributed by atoms with Gasteiger partial charge in [-0.2, -0.15) is 0 Å². The molecule has 0 fully saturated rings. The number of hydrogen-bond donors (Lipinski definition) is 2. The van der Waals surface area contributed by atoms with Crippen LogP contribution in [0.3, 0.4) is 0 Å². The number of H-pyrrole nitrogens is 1. The van der Waals surface area contributed by atoms with Gasteiger partial charge in [-0.15, -0.1) is 5.10 Å². The van der Waals surface area contributed by atoms with E-state index in [-0.39, 0.29) is 11.2 Å². The Morgan fingerprint density at radius 3 is 2.78 bits per heavy atom. The van der Waals surface area contributed by atoms with Crippen LogP contribution in [0.5, 0.6) is 11.5 Å². The maximum Gasteiger partial charge on any atom is 0.237 e. The van der Waals surface area contributed by atoms with Crippen LogP contribution in [-0.4, -0.2) is 40.6 Å². The van der Waals surface area contributed by atoms with Gasteiger partial charge in [0.15, 0.2) is 0 Å². The molecule has 1 atom stereocenters. The van der Waals surface area contributed by atoms with Crippen molar-refractivity contribution >= 4 is 23.4 Å². The molecular formula is C15H20N4O3S. The lowest BCUT2D eigenvalue weighted by Gasteiger charge is -2.14.